The molecule has 1 N–H and O–H groups in total. The topological polar surface area (TPSA) is 24.9 Å². The van der Waals surface area contributed by atoms with Gasteiger partial charge >= 0.3 is 0 Å². The Labute approximate surface area is 125 Å². The van der Waals surface area contributed by atoms with Crippen molar-refractivity contribution in [2.24, 2.45) is 0 Å². The smallest absolute Gasteiger partial charge is 0.141 e. The van der Waals surface area contributed by atoms with Gasteiger partial charge in [-0.25, -0.2) is 8.78 Å². The summed E-state index contributed by atoms with van der Waals surface area (Å²) in [6.45, 7) is 2.72. The molecule has 1 heterocycles. The van der Waals surface area contributed by atoms with Gasteiger partial charge in [-0.05, 0) is 36.7 Å². The van der Waals surface area contributed by atoms with Crippen LogP contribution in [0.3, 0.4) is 0 Å². The number of benzene rings is 1. The Kier molecular flexibility index (Phi) is 5.20. The molecule has 2 aromatic rings. The summed E-state index contributed by atoms with van der Waals surface area (Å²) in [5, 5.41) is 3.23. The van der Waals surface area contributed by atoms with Crippen molar-refractivity contribution in [2.75, 3.05) is 6.54 Å². The van der Waals surface area contributed by atoms with E-state index >= 15 is 0 Å². The Balaban J connectivity index is 2.41. The highest BCUT2D eigenvalue weighted by atomic mass is 79.9. The molecule has 106 valence electrons. The van der Waals surface area contributed by atoms with Crippen LogP contribution >= 0.6 is 15.9 Å². The van der Waals surface area contributed by atoms with Crippen molar-refractivity contribution in [3.8, 4) is 0 Å². The van der Waals surface area contributed by atoms with Gasteiger partial charge in [0.15, 0.2) is 0 Å². The van der Waals surface area contributed by atoms with Crippen molar-refractivity contribution < 1.29 is 8.78 Å². The molecule has 2 rings (SSSR count). The molecule has 0 bridgehead atoms. The first-order chi connectivity index (χ1) is 9.61. The van der Waals surface area contributed by atoms with Crippen LogP contribution in [0.2, 0.25) is 0 Å². The summed E-state index contributed by atoms with van der Waals surface area (Å²) in [6, 6.07) is 5.83. The molecule has 0 saturated carbocycles. The number of aromatic nitrogens is 1. The minimum absolute atomic E-state index is 0.336. The van der Waals surface area contributed by atoms with Crippen LogP contribution in [-0.2, 0) is 0 Å². The molecule has 0 saturated heterocycles. The third-order valence-electron chi connectivity index (χ3n) is 2.93. The standard InChI is InChI=1S/C15H15BrF2N2/c1-2-5-20-15(10-6-12(17)9-19-8-10)13-4-3-11(16)7-14(13)18/h3-4,6-9,15,20H,2,5H2,1H3. The molecule has 0 aliphatic rings. The van der Waals surface area contributed by atoms with Crippen LogP contribution < -0.4 is 5.32 Å². The second-order valence-corrected chi connectivity index (χ2v) is 5.41. The molecule has 0 aliphatic heterocycles. The van der Waals surface area contributed by atoms with Gasteiger partial charge in [0.05, 0.1) is 12.2 Å². The third kappa shape index (κ3) is 3.61. The maximum absolute atomic E-state index is 14.1. The van der Waals surface area contributed by atoms with Gasteiger partial charge < -0.3 is 5.32 Å². The summed E-state index contributed by atoms with van der Waals surface area (Å²) in [4.78, 5) is 3.84. The highest BCUT2D eigenvalue weighted by Gasteiger charge is 2.18. The van der Waals surface area contributed by atoms with Crippen LogP contribution in [0.4, 0.5) is 8.78 Å². The average molecular weight is 341 g/mol. The summed E-state index contributed by atoms with van der Waals surface area (Å²) in [6.07, 6.45) is 3.59. The Morgan fingerprint density at radius 1 is 1.25 bits per heavy atom. The molecule has 0 fully saturated rings. The van der Waals surface area contributed by atoms with Crippen molar-refractivity contribution >= 4 is 15.9 Å². The van der Waals surface area contributed by atoms with E-state index in [0.29, 0.717) is 22.1 Å². The summed E-state index contributed by atoms with van der Waals surface area (Å²) >= 11 is 3.23. The van der Waals surface area contributed by atoms with Crippen molar-refractivity contribution in [2.45, 2.75) is 19.4 Å². The second-order valence-electron chi connectivity index (χ2n) is 4.49. The number of rotatable bonds is 5. The van der Waals surface area contributed by atoms with Crippen LogP contribution in [0.1, 0.15) is 30.5 Å². The highest BCUT2D eigenvalue weighted by Crippen LogP contribution is 2.26. The quantitative estimate of drug-likeness (QED) is 0.881. The van der Waals surface area contributed by atoms with Gasteiger partial charge in [-0.2, -0.15) is 0 Å². The summed E-state index contributed by atoms with van der Waals surface area (Å²) < 4.78 is 28.1. The number of halogens is 3. The van der Waals surface area contributed by atoms with Crippen LogP contribution in [0.15, 0.2) is 41.1 Å². The SMILES string of the molecule is CCCNC(c1cncc(F)c1)c1ccc(Br)cc1F. The van der Waals surface area contributed by atoms with E-state index in [0.717, 1.165) is 12.6 Å². The summed E-state index contributed by atoms with van der Waals surface area (Å²) in [5.74, 6) is -0.763. The first-order valence-corrected chi connectivity index (χ1v) is 7.20. The zero-order valence-corrected chi connectivity index (χ0v) is 12.6. The first-order valence-electron chi connectivity index (χ1n) is 6.40. The number of pyridine rings is 1. The van der Waals surface area contributed by atoms with E-state index in [1.54, 1.807) is 18.3 Å². The molecule has 1 aromatic heterocycles. The van der Waals surface area contributed by atoms with Crippen LogP contribution in [0.5, 0.6) is 0 Å². The average Bonchev–Trinajstić information content (AvgIpc) is 2.41. The van der Waals surface area contributed by atoms with E-state index in [9.17, 15) is 8.78 Å². The molecular weight excluding hydrogens is 326 g/mol. The normalized spacial score (nSPS) is 12.4. The number of hydrogen-bond donors (Lipinski definition) is 1. The fourth-order valence-corrected chi connectivity index (χ4v) is 2.35. The second kappa shape index (κ2) is 6.90. The predicted molar refractivity (Wildman–Crippen MR) is 78.4 cm³/mol. The van der Waals surface area contributed by atoms with E-state index in [1.165, 1.54) is 12.1 Å². The molecule has 5 heteroatoms. The predicted octanol–water partition coefficient (Wildman–Crippen LogP) is 4.21. The van der Waals surface area contributed by atoms with Gasteiger partial charge in [-0.15, -0.1) is 0 Å². The molecule has 20 heavy (non-hydrogen) atoms. The minimum atomic E-state index is -0.427. The molecule has 0 spiro atoms. The van der Waals surface area contributed by atoms with Crippen molar-refractivity contribution in [3.63, 3.8) is 0 Å². The maximum atomic E-state index is 14.1. The molecule has 1 unspecified atom stereocenters. The van der Waals surface area contributed by atoms with Gasteiger partial charge in [0.25, 0.3) is 0 Å². The van der Waals surface area contributed by atoms with Gasteiger partial charge in [0, 0.05) is 16.2 Å². The molecule has 0 radical (unpaired) electrons. The minimum Gasteiger partial charge on any atom is -0.306 e. The molecule has 1 atom stereocenters. The van der Waals surface area contributed by atoms with E-state index < -0.39 is 11.9 Å². The van der Waals surface area contributed by atoms with E-state index in [4.69, 9.17) is 0 Å². The van der Waals surface area contributed by atoms with Crippen molar-refractivity contribution in [3.05, 3.63) is 63.9 Å². The van der Waals surface area contributed by atoms with Gasteiger partial charge in [0.2, 0.25) is 0 Å². The van der Waals surface area contributed by atoms with Crippen molar-refractivity contribution in [1.29, 1.82) is 0 Å². The molecular formula is C15H15BrF2N2. The summed E-state index contributed by atoms with van der Waals surface area (Å²) in [5.41, 5.74) is 1.09. The van der Waals surface area contributed by atoms with Crippen LogP contribution in [-0.4, -0.2) is 11.5 Å². The Morgan fingerprint density at radius 3 is 2.70 bits per heavy atom. The Bertz CT molecular complexity index is 590. The van der Waals surface area contributed by atoms with E-state index in [2.05, 4.69) is 26.2 Å². The number of nitrogens with one attached hydrogen (secondary N) is 1. The Hall–Kier alpha value is -1.33. The maximum Gasteiger partial charge on any atom is 0.141 e. The van der Waals surface area contributed by atoms with Gasteiger partial charge in [-0.3, -0.25) is 4.98 Å². The van der Waals surface area contributed by atoms with Gasteiger partial charge in [0.1, 0.15) is 11.6 Å². The third-order valence-corrected chi connectivity index (χ3v) is 3.42. The molecule has 2 nitrogen and oxygen atoms in total. The van der Waals surface area contributed by atoms with Crippen molar-refractivity contribution in [1.82, 2.24) is 10.3 Å². The number of nitrogens with zero attached hydrogens (tertiary/aromatic N) is 1. The Morgan fingerprint density at radius 2 is 2.05 bits per heavy atom. The lowest BCUT2D eigenvalue weighted by atomic mass is 9.99. The molecule has 0 aliphatic carbocycles. The number of hydrogen-bond acceptors (Lipinski definition) is 2. The van der Waals surface area contributed by atoms with Gasteiger partial charge in [-0.1, -0.05) is 28.9 Å². The fourth-order valence-electron chi connectivity index (χ4n) is 2.02. The monoisotopic (exact) mass is 340 g/mol. The zero-order valence-electron chi connectivity index (χ0n) is 11.0. The lowest BCUT2D eigenvalue weighted by Crippen LogP contribution is -2.24. The molecule has 0 amide bonds. The lowest BCUT2D eigenvalue weighted by molar-refractivity contribution is 0.540. The van der Waals surface area contributed by atoms with Crippen LogP contribution in [0.25, 0.3) is 0 Å². The first kappa shape index (κ1) is 15.1. The largest absolute Gasteiger partial charge is 0.306 e. The lowest BCUT2D eigenvalue weighted by Gasteiger charge is -2.20. The zero-order chi connectivity index (χ0) is 14.5. The fraction of sp³-hybridized carbons (Fsp3) is 0.267. The highest BCUT2D eigenvalue weighted by molar-refractivity contribution is 9.10. The van der Waals surface area contributed by atoms with Crippen LogP contribution in [0, 0.1) is 11.6 Å². The van der Waals surface area contributed by atoms with E-state index in [1.807, 2.05) is 6.92 Å². The van der Waals surface area contributed by atoms with E-state index in [-0.39, 0.29) is 5.82 Å². The summed E-state index contributed by atoms with van der Waals surface area (Å²) in [7, 11) is 0. The molecule has 1 aromatic carbocycles.